The third-order valence-electron chi connectivity index (χ3n) is 2.93. The largest absolute Gasteiger partial charge is 0.382 e. The summed E-state index contributed by atoms with van der Waals surface area (Å²) in [5.41, 5.74) is 5.87. The summed E-state index contributed by atoms with van der Waals surface area (Å²) >= 11 is 6.33. The van der Waals surface area contributed by atoms with Crippen LogP contribution < -0.4 is 16.0 Å². The van der Waals surface area contributed by atoms with Gasteiger partial charge in [0.2, 0.25) is 0 Å². The third kappa shape index (κ3) is 3.96. The van der Waals surface area contributed by atoms with E-state index in [0.29, 0.717) is 17.2 Å². The first kappa shape index (κ1) is 16.3. The zero-order chi connectivity index (χ0) is 15.4. The average molecular weight is 389 g/mol. The highest BCUT2D eigenvalue weighted by Gasteiger charge is 2.18. The summed E-state index contributed by atoms with van der Waals surface area (Å²) in [4.78, 5) is 20.1. The van der Waals surface area contributed by atoms with E-state index in [9.17, 15) is 4.79 Å². The molecule has 0 fully saturated rings. The molecule has 5 nitrogen and oxygen atoms in total. The van der Waals surface area contributed by atoms with Gasteiger partial charge in [-0.1, -0.05) is 11.3 Å². The molecule has 2 aromatic rings. The molecule has 3 N–H and O–H groups in total. The van der Waals surface area contributed by atoms with Crippen molar-refractivity contribution in [2.45, 2.75) is 20.4 Å². The number of nitrogen functional groups attached to an aromatic ring is 1. The summed E-state index contributed by atoms with van der Waals surface area (Å²) in [7, 11) is 0. The number of hydrogen-bond acceptors (Lipinski definition) is 6. The van der Waals surface area contributed by atoms with Gasteiger partial charge in [0.25, 0.3) is 5.91 Å². The van der Waals surface area contributed by atoms with Crippen LogP contribution in [-0.2, 0) is 6.54 Å². The van der Waals surface area contributed by atoms with Gasteiger partial charge in [-0.3, -0.25) is 4.79 Å². The fraction of sp³-hybridized carbons (Fsp3) is 0.385. The van der Waals surface area contributed by atoms with E-state index in [1.807, 2.05) is 11.4 Å². The Bertz CT molecular complexity index is 621. The van der Waals surface area contributed by atoms with Crippen molar-refractivity contribution in [2.75, 3.05) is 23.7 Å². The van der Waals surface area contributed by atoms with Crippen LogP contribution in [0.15, 0.2) is 15.9 Å². The molecule has 0 bridgehead atoms. The Balaban J connectivity index is 2.05. The predicted octanol–water partition coefficient (Wildman–Crippen LogP) is 3.33. The molecule has 0 spiro atoms. The number of thiophene rings is 1. The highest BCUT2D eigenvalue weighted by molar-refractivity contribution is 9.10. The number of amides is 1. The molecule has 21 heavy (non-hydrogen) atoms. The molecule has 0 unspecified atom stereocenters. The van der Waals surface area contributed by atoms with Crippen LogP contribution in [0.4, 0.5) is 10.9 Å². The highest BCUT2D eigenvalue weighted by Crippen LogP contribution is 2.28. The maximum Gasteiger partial charge on any atom is 0.265 e. The molecular weight excluding hydrogens is 372 g/mol. The van der Waals surface area contributed by atoms with Gasteiger partial charge in [0, 0.05) is 27.8 Å². The van der Waals surface area contributed by atoms with Crippen LogP contribution in [0.3, 0.4) is 0 Å². The SMILES string of the molecule is CCN(CC)c1nc(N)c(C(=O)NCc2cc(Br)cs2)s1. The van der Waals surface area contributed by atoms with Crippen LogP contribution in [-0.4, -0.2) is 24.0 Å². The molecular formula is C13H17BrN4OS2. The number of halogens is 1. The number of hydrogen-bond donors (Lipinski definition) is 2. The highest BCUT2D eigenvalue weighted by atomic mass is 79.9. The van der Waals surface area contributed by atoms with Crippen molar-refractivity contribution in [1.29, 1.82) is 0 Å². The zero-order valence-corrected chi connectivity index (χ0v) is 15.1. The van der Waals surface area contributed by atoms with E-state index < -0.39 is 0 Å². The number of nitrogens with two attached hydrogens (primary N) is 1. The van der Waals surface area contributed by atoms with Gasteiger partial charge in [0.15, 0.2) is 5.13 Å². The smallest absolute Gasteiger partial charge is 0.265 e. The van der Waals surface area contributed by atoms with Crippen LogP contribution in [0.1, 0.15) is 28.4 Å². The first-order valence-electron chi connectivity index (χ1n) is 6.57. The normalized spacial score (nSPS) is 10.6. The Labute approximate surface area is 140 Å². The van der Waals surface area contributed by atoms with Crippen molar-refractivity contribution in [3.05, 3.63) is 25.7 Å². The van der Waals surface area contributed by atoms with E-state index >= 15 is 0 Å². The number of aromatic nitrogens is 1. The molecule has 2 aromatic heterocycles. The number of rotatable bonds is 6. The van der Waals surface area contributed by atoms with Gasteiger partial charge in [0.1, 0.15) is 10.7 Å². The van der Waals surface area contributed by atoms with E-state index in [2.05, 4.69) is 45.0 Å². The van der Waals surface area contributed by atoms with Crippen LogP contribution in [0.25, 0.3) is 0 Å². The van der Waals surface area contributed by atoms with Crippen LogP contribution >= 0.6 is 38.6 Å². The fourth-order valence-corrected chi connectivity index (χ4v) is 4.23. The summed E-state index contributed by atoms with van der Waals surface area (Å²) in [5, 5.41) is 5.66. The summed E-state index contributed by atoms with van der Waals surface area (Å²) in [6.45, 7) is 6.28. The molecule has 0 aliphatic heterocycles. The third-order valence-corrected chi connectivity index (χ3v) is 5.76. The minimum atomic E-state index is -0.173. The maximum atomic E-state index is 12.2. The summed E-state index contributed by atoms with van der Waals surface area (Å²) in [6, 6.07) is 1.99. The van der Waals surface area contributed by atoms with E-state index in [-0.39, 0.29) is 5.91 Å². The Morgan fingerprint density at radius 2 is 2.19 bits per heavy atom. The number of thiazole rings is 1. The molecule has 0 atom stereocenters. The van der Waals surface area contributed by atoms with Gasteiger partial charge in [-0.05, 0) is 35.8 Å². The molecule has 1 amide bonds. The lowest BCUT2D eigenvalue weighted by Gasteiger charge is -2.16. The van der Waals surface area contributed by atoms with Crippen LogP contribution in [0, 0.1) is 0 Å². The van der Waals surface area contributed by atoms with Crippen molar-refractivity contribution < 1.29 is 4.79 Å². The van der Waals surface area contributed by atoms with Gasteiger partial charge in [-0.25, -0.2) is 4.98 Å². The quantitative estimate of drug-likeness (QED) is 0.795. The topological polar surface area (TPSA) is 71.2 Å². The number of nitrogens with one attached hydrogen (secondary N) is 1. The molecule has 0 radical (unpaired) electrons. The molecule has 0 aliphatic carbocycles. The van der Waals surface area contributed by atoms with Gasteiger partial charge >= 0.3 is 0 Å². The molecule has 0 saturated carbocycles. The lowest BCUT2D eigenvalue weighted by Crippen LogP contribution is -2.22. The van der Waals surface area contributed by atoms with Gasteiger partial charge in [-0.2, -0.15) is 0 Å². The van der Waals surface area contributed by atoms with E-state index in [1.165, 1.54) is 11.3 Å². The Kier molecular flexibility index (Phi) is 5.60. The Hall–Kier alpha value is -1.12. The second kappa shape index (κ2) is 7.24. The van der Waals surface area contributed by atoms with E-state index in [0.717, 1.165) is 27.6 Å². The molecule has 2 heterocycles. The summed E-state index contributed by atoms with van der Waals surface area (Å²) in [5.74, 6) is 0.125. The monoisotopic (exact) mass is 388 g/mol. The first-order chi connectivity index (χ1) is 10.0. The van der Waals surface area contributed by atoms with E-state index in [4.69, 9.17) is 5.73 Å². The Morgan fingerprint density at radius 3 is 2.76 bits per heavy atom. The predicted molar refractivity (Wildman–Crippen MR) is 93.3 cm³/mol. The molecule has 0 saturated heterocycles. The standard InChI is InChI=1S/C13H17BrN4OS2/c1-3-18(4-2)13-17-11(15)10(21-13)12(19)16-6-9-5-8(14)7-20-9/h5,7H,3-4,6,15H2,1-2H3,(H,16,19). The molecule has 8 heteroatoms. The minimum Gasteiger partial charge on any atom is -0.382 e. The zero-order valence-electron chi connectivity index (χ0n) is 11.9. The molecule has 0 aliphatic rings. The number of carbonyl (C=O) groups excluding carboxylic acids is 1. The van der Waals surface area contributed by atoms with Crippen molar-refractivity contribution in [1.82, 2.24) is 10.3 Å². The lowest BCUT2D eigenvalue weighted by atomic mass is 10.4. The van der Waals surface area contributed by atoms with Gasteiger partial charge < -0.3 is 16.0 Å². The molecule has 2 rings (SSSR count). The molecule has 114 valence electrons. The average Bonchev–Trinajstić information content (AvgIpc) is 3.04. The van der Waals surface area contributed by atoms with Gasteiger partial charge in [0.05, 0.1) is 6.54 Å². The van der Waals surface area contributed by atoms with Crippen LogP contribution in [0.2, 0.25) is 0 Å². The lowest BCUT2D eigenvalue weighted by molar-refractivity contribution is 0.0956. The maximum absolute atomic E-state index is 12.2. The Morgan fingerprint density at radius 1 is 1.48 bits per heavy atom. The second-order valence-corrected chi connectivity index (χ2v) is 7.19. The summed E-state index contributed by atoms with van der Waals surface area (Å²) in [6.07, 6.45) is 0. The van der Waals surface area contributed by atoms with Gasteiger partial charge in [-0.15, -0.1) is 11.3 Å². The number of nitrogens with zero attached hydrogens (tertiary/aromatic N) is 2. The fourth-order valence-electron chi connectivity index (χ4n) is 1.81. The van der Waals surface area contributed by atoms with Crippen molar-refractivity contribution in [2.24, 2.45) is 0 Å². The van der Waals surface area contributed by atoms with Crippen molar-refractivity contribution in [3.8, 4) is 0 Å². The number of anilines is 2. The van der Waals surface area contributed by atoms with Crippen LogP contribution in [0.5, 0.6) is 0 Å². The van der Waals surface area contributed by atoms with E-state index in [1.54, 1.807) is 11.3 Å². The second-order valence-electron chi connectivity index (χ2n) is 4.30. The van der Waals surface area contributed by atoms with Crippen molar-refractivity contribution >= 4 is 55.5 Å². The number of carbonyl (C=O) groups is 1. The minimum absolute atomic E-state index is 0.173. The molecule has 0 aromatic carbocycles. The van der Waals surface area contributed by atoms with Crippen molar-refractivity contribution in [3.63, 3.8) is 0 Å². The summed E-state index contributed by atoms with van der Waals surface area (Å²) < 4.78 is 1.03. The first-order valence-corrected chi connectivity index (χ1v) is 9.06.